The van der Waals surface area contributed by atoms with Crippen LogP contribution in [-0.2, 0) is 13.0 Å². The molecule has 2 aliphatic rings. The molecular weight excluding hydrogens is 368 g/mol. The number of aromatic amines is 1. The van der Waals surface area contributed by atoms with Crippen LogP contribution in [0.2, 0.25) is 0 Å². The fourth-order valence-electron chi connectivity index (χ4n) is 4.42. The predicted molar refractivity (Wildman–Crippen MR) is 110 cm³/mol. The van der Waals surface area contributed by atoms with Gasteiger partial charge < -0.3 is 20.1 Å². The topological polar surface area (TPSA) is 99.2 Å². The third-order valence-electron chi connectivity index (χ3n) is 6.07. The first-order valence-corrected chi connectivity index (χ1v) is 10.4. The van der Waals surface area contributed by atoms with Gasteiger partial charge in [-0.05, 0) is 38.1 Å². The molecule has 1 saturated heterocycles. The van der Waals surface area contributed by atoms with Crippen molar-refractivity contribution in [1.29, 1.82) is 0 Å². The summed E-state index contributed by atoms with van der Waals surface area (Å²) in [5, 5.41) is 31.5. The highest BCUT2D eigenvalue weighted by molar-refractivity contribution is 5.94. The fraction of sp³-hybridized carbons (Fsp3) is 0.476. The zero-order chi connectivity index (χ0) is 19.8. The number of aromatic nitrogens is 4. The average Bonchev–Trinajstić information content (AvgIpc) is 3.43. The summed E-state index contributed by atoms with van der Waals surface area (Å²) >= 11 is 0. The quantitative estimate of drug-likeness (QED) is 0.610. The number of fused-ring (bicyclic) bond motifs is 2. The van der Waals surface area contributed by atoms with Crippen LogP contribution in [-0.4, -0.2) is 62.7 Å². The van der Waals surface area contributed by atoms with Gasteiger partial charge in [-0.1, -0.05) is 6.92 Å². The van der Waals surface area contributed by atoms with Gasteiger partial charge in [0, 0.05) is 42.1 Å². The van der Waals surface area contributed by atoms with Gasteiger partial charge >= 0.3 is 0 Å². The van der Waals surface area contributed by atoms with E-state index in [0.29, 0.717) is 36.9 Å². The summed E-state index contributed by atoms with van der Waals surface area (Å²) in [6.07, 6.45) is 4.89. The lowest BCUT2D eigenvalue weighted by Crippen LogP contribution is -2.45. The second-order valence-corrected chi connectivity index (χ2v) is 7.80. The van der Waals surface area contributed by atoms with Crippen LogP contribution in [0.15, 0.2) is 18.3 Å². The van der Waals surface area contributed by atoms with E-state index in [1.165, 1.54) is 19.4 Å². The van der Waals surface area contributed by atoms with Crippen LogP contribution >= 0.6 is 0 Å². The molecule has 8 nitrogen and oxygen atoms in total. The lowest BCUT2D eigenvalue weighted by molar-refractivity contribution is 0.198. The Bertz CT molecular complexity index is 1030. The Morgan fingerprint density at radius 3 is 3.17 bits per heavy atom. The number of likely N-dealkylation sites (N-methyl/N-ethyl adjacent to an activating group) is 1. The summed E-state index contributed by atoms with van der Waals surface area (Å²) in [4.78, 5) is 2.48. The van der Waals surface area contributed by atoms with E-state index in [4.69, 9.17) is 4.74 Å². The number of hydrogen-bond donors (Lipinski definition) is 3. The maximum Gasteiger partial charge on any atom is 0.132 e. The Balaban J connectivity index is 1.42. The van der Waals surface area contributed by atoms with Gasteiger partial charge in [-0.25, -0.2) is 0 Å². The Kier molecular flexibility index (Phi) is 4.81. The van der Waals surface area contributed by atoms with Crippen molar-refractivity contribution in [2.75, 3.05) is 26.2 Å². The Morgan fingerprint density at radius 2 is 2.28 bits per heavy atom. The molecule has 0 bridgehead atoms. The number of piperidine rings is 1. The van der Waals surface area contributed by atoms with Crippen molar-refractivity contribution in [2.24, 2.45) is 0 Å². The molecule has 4 heterocycles. The van der Waals surface area contributed by atoms with Gasteiger partial charge in [-0.15, -0.1) is 5.10 Å². The molecule has 3 N–H and O–H groups in total. The van der Waals surface area contributed by atoms with Crippen LogP contribution in [0.1, 0.15) is 31.0 Å². The number of phenols is 1. The molecule has 0 saturated carbocycles. The third-order valence-corrected chi connectivity index (χ3v) is 6.07. The van der Waals surface area contributed by atoms with Crippen LogP contribution < -0.4 is 10.1 Å². The maximum atomic E-state index is 10.8. The van der Waals surface area contributed by atoms with Gasteiger partial charge in [0.15, 0.2) is 0 Å². The number of nitrogens with zero attached hydrogens (tertiary/aromatic N) is 4. The Morgan fingerprint density at radius 1 is 1.34 bits per heavy atom. The van der Waals surface area contributed by atoms with E-state index in [0.717, 1.165) is 41.0 Å². The van der Waals surface area contributed by atoms with Crippen molar-refractivity contribution in [3.63, 3.8) is 0 Å². The summed E-state index contributed by atoms with van der Waals surface area (Å²) in [6.45, 7) is 6.80. The summed E-state index contributed by atoms with van der Waals surface area (Å²) in [5.41, 5.74) is 3.77. The number of H-pyrrole nitrogens is 1. The molecule has 152 valence electrons. The number of nitrogens with one attached hydrogen (secondary N) is 2. The largest absolute Gasteiger partial charge is 0.507 e. The molecule has 0 radical (unpaired) electrons. The molecule has 29 heavy (non-hydrogen) atoms. The van der Waals surface area contributed by atoms with Crippen molar-refractivity contribution in [1.82, 2.24) is 30.6 Å². The smallest absolute Gasteiger partial charge is 0.132 e. The van der Waals surface area contributed by atoms with Crippen LogP contribution in [0, 0.1) is 0 Å². The van der Waals surface area contributed by atoms with Gasteiger partial charge in [-0.3, -0.25) is 5.10 Å². The normalized spacial score (nSPS) is 19.4. The van der Waals surface area contributed by atoms with E-state index >= 15 is 0 Å². The molecule has 3 aromatic rings. The van der Waals surface area contributed by atoms with E-state index in [1.807, 2.05) is 12.1 Å². The van der Waals surface area contributed by atoms with Crippen molar-refractivity contribution in [3.8, 4) is 22.8 Å². The fourth-order valence-corrected chi connectivity index (χ4v) is 4.42. The number of benzene rings is 1. The number of rotatable bonds is 5. The molecule has 0 unspecified atom stereocenters. The van der Waals surface area contributed by atoms with Crippen molar-refractivity contribution in [2.45, 2.75) is 38.8 Å². The highest BCUT2D eigenvalue weighted by atomic mass is 16.5. The minimum absolute atomic E-state index is 0.220. The third kappa shape index (κ3) is 3.32. The highest BCUT2D eigenvalue weighted by Crippen LogP contribution is 2.41. The van der Waals surface area contributed by atoms with Crippen LogP contribution in [0.25, 0.3) is 22.2 Å². The lowest BCUT2D eigenvalue weighted by atomic mass is 10.0. The Labute approximate surface area is 169 Å². The van der Waals surface area contributed by atoms with Gasteiger partial charge in [0.2, 0.25) is 0 Å². The molecule has 1 fully saturated rings. The minimum Gasteiger partial charge on any atom is -0.507 e. The molecule has 2 aromatic heterocycles. The zero-order valence-corrected chi connectivity index (χ0v) is 16.6. The number of phenolic OH excluding ortho intramolecular Hbond substituents is 1. The van der Waals surface area contributed by atoms with Crippen LogP contribution in [0.5, 0.6) is 11.5 Å². The average molecular weight is 394 g/mol. The molecule has 5 rings (SSSR count). The summed E-state index contributed by atoms with van der Waals surface area (Å²) < 4.78 is 5.54. The van der Waals surface area contributed by atoms with Gasteiger partial charge in [0.1, 0.15) is 17.2 Å². The molecule has 0 amide bonds. The standard InChI is InChI=1S/C21H26N6O2/c1-2-27-8-3-4-13(12-27)22-11-17-16-10-23-25-20(16)19(26-24-17)15-5-6-18-14(21(15)28)7-9-29-18/h5-6,10,13,22,28H,2-4,7-9,11-12H2,1H3,(H,23,25)/t13-/m0/s1. The van der Waals surface area contributed by atoms with Gasteiger partial charge in [0.05, 0.1) is 24.0 Å². The molecule has 8 heteroatoms. The first kappa shape index (κ1) is 18.3. The maximum absolute atomic E-state index is 10.8. The van der Waals surface area contributed by atoms with E-state index in [1.54, 1.807) is 6.20 Å². The van der Waals surface area contributed by atoms with Crippen molar-refractivity contribution in [3.05, 3.63) is 29.6 Å². The number of hydrogen-bond acceptors (Lipinski definition) is 7. The highest BCUT2D eigenvalue weighted by Gasteiger charge is 2.23. The van der Waals surface area contributed by atoms with Crippen LogP contribution in [0.4, 0.5) is 0 Å². The first-order chi connectivity index (χ1) is 14.2. The molecule has 0 aliphatic carbocycles. The number of likely N-dealkylation sites (tertiary alicyclic amines) is 1. The van der Waals surface area contributed by atoms with E-state index < -0.39 is 0 Å². The zero-order valence-electron chi connectivity index (χ0n) is 16.6. The molecule has 2 aliphatic heterocycles. The second-order valence-electron chi connectivity index (χ2n) is 7.80. The number of ether oxygens (including phenoxy) is 1. The van der Waals surface area contributed by atoms with Gasteiger partial charge in [0.25, 0.3) is 0 Å². The van der Waals surface area contributed by atoms with E-state index in [-0.39, 0.29) is 5.75 Å². The number of aromatic hydroxyl groups is 1. The first-order valence-electron chi connectivity index (χ1n) is 10.4. The lowest BCUT2D eigenvalue weighted by Gasteiger charge is -2.32. The Hall–Kier alpha value is -2.71. The summed E-state index contributed by atoms with van der Waals surface area (Å²) in [5.74, 6) is 0.965. The van der Waals surface area contributed by atoms with Crippen molar-refractivity contribution >= 4 is 10.9 Å². The molecule has 1 atom stereocenters. The summed E-state index contributed by atoms with van der Waals surface area (Å²) in [7, 11) is 0. The van der Waals surface area contributed by atoms with Gasteiger partial charge in [-0.2, -0.15) is 10.2 Å². The molecular formula is C21H26N6O2. The molecule has 0 spiro atoms. The monoisotopic (exact) mass is 394 g/mol. The molecule has 1 aromatic carbocycles. The second kappa shape index (κ2) is 7.61. The van der Waals surface area contributed by atoms with E-state index in [2.05, 4.69) is 37.5 Å². The van der Waals surface area contributed by atoms with Crippen molar-refractivity contribution < 1.29 is 9.84 Å². The predicted octanol–water partition coefficient (Wildman–Crippen LogP) is 2.23. The van der Waals surface area contributed by atoms with E-state index in [9.17, 15) is 5.11 Å². The van der Waals surface area contributed by atoms with Crippen LogP contribution in [0.3, 0.4) is 0 Å². The SMILES string of the molecule is CCN1CCC[C@H](NCc2nnc(-c3ccc4c(c3O)CCO4)c3[nH]ncc23)C1. The summed E-state index contributed by atoms with van der Waals surface area (Å²) in [6, 6.07) is 4.19. The minimum atomic E-state index is 0.220.